The molecule has 1 aromatic heterocycles. The van der Waals surface area contributed by atoms with Gasteiger partial charge in [-0.2, -0.15) is 0 Å². The van der Waals surface area contributed by atoms with Gasteiger partial charge in [0.15, 0.2) is 0 Å². The summed E-state index contributed by atoms with van der Waals surface area (Å²) in [5, 5.41) is 0.579. The Morgan fingerprint density at radius 2 is 1.93 bits per heavy atom. The van der Waals surface area contributed by atoms with Crippen LogP contribution >= 0.6 is 0 Å². The molecule has 2 aromatic carbocycles. The third kappa shape index (κ3) is 3.91. The summed E-state index contributed by atoms with van der Waals surface area (Å²) in [6.07, 6.45) is 1.76. The molecule has 0 spiro atoms. The summed E-state index contributed by atoms with van der Waals surface area (Å²) in [5.74, 6) is 0.753. The van der Waals surface area contributed by atoms with Crippen molar-refractivity contribution in [2.45, 2.75) is 32.9 Å². The van der Waals surface area contributed by atoms with Gasteiger partial charge in [-0.1, -0.05) is 24.3 Å². The topological polar surface area (TPSA) is 64.4 Å². The molecule has 1 atom stereocenters. The maximum atomic E-state index is 12.7. The minimum atomic E-state index is -0.118. The first kappa shape index (κ1) is 19.6. The molecule has 1 amide bonds. The molecule has 0 unspecified atom stereocenters. The molecular weight excluding hydrogens is 354 g/mol. The van der Waals surface area contributed by atoms with Gasteiger partial charge in [0, 0.05) is 20.0 Å². The van der Waals surface area contributed by atoms with Crippen LogP contribution in [0.1, 0.15) is 30.5 Å². The molecule has 0 radical (unpaired) electrons. The molecule has 1 heterocycles. The molecule has 0 fully saturated rings. The average molecular weight is 379 g/mol. The van der Waals surface area contributed by atoms with Gasteiger partial charge in [-0.05, 0) is 43.2 Å². The van der Waals surface area contributed by atoms with Crippen LogP contribution in [0, 0.1) is 6.92 Å². The second-order valence-electron chi connectivity index (χ2n) is 6.92. The number of methoxy groups -OCH3 is 1. The Bertz CT molecular complexity index is 1040. The lowest BCUT2D eigenvalue weighted by atomic mass is 10.1. The van der Waals surface area contributed by atoms with Crippen LogP contribution in [-0.4, -0.2) is 34.5 Å². The van der Waals surface area contributed by atoms with Crippen molar-refractivity contribution in [1.82, 2.24) is 14.5 Å². The molecule has 6 heteroatoms. The average Bonchev–Trinajstić information content (AvgIpc) is 2.72. The smallest absolute Gasteiger partial charge is 0.261 e. The Labute approximate surface area is 164 Å². The SMILES string of the molecule is COc1ccc([C@H](C)N(C)C(=O)CCn2cnc3c(C)cccc3c2=O)cc1. The van der Waals surface area contributed by atoms with Crippen molar-refractivity contribution >= 4 is 16.8 Å². The van der Waals surface area contributed by atoms with E-state index in [0.717, 1.165) is 16.9 Å². The Kier molecular flexibility index (Phi) is 5.78. The molecule has 0 bridgehead atoms. The van der Waals surface area contributed by atoms with Crippen LogP contribution in [0.5, 0.6) is 5.75 Å². The summed E-state index contributed by atoms with van der Waals surface area (Å²) >= 11 is 0. The second-order valence-corrected chi connectivity index (χ2v) is 6.92. The highest BCUT2D eigenvalue weighted by Gasteiger charge is 2.18. The molecule has 6 nitrogen and oxygen atoms in total. The van der Waals surface area contributed by atoms with Crippen LogP contribution in [0.3, 0.4) is 0 Å². The number of amides is 1. The number of fused-ring (bicyclic) bond motifs is 1. The number of nitrogens with zero attached hydrogens (tertiary/aromatic N) is 3. The number of benzene rings is 2. The third-order valence-corrected chi connectivity index (χ3v) is 5.19. The molecule has 0 aliphatic carbocycles. The number of hydrogen-bond acceptors (Lipinski definition) is 4. The van der Waals surface area contributed by atoms with Gasteiger partial charge in [0.05, 0.1) is 30.4 Å². The molecule has 3 rings (SSSR count). The number of aryl methyl sites for hydroxylation is 2. The van der Waals surface area contributed by atoms with Crippen LogP contribution in [0.2, 0.25) is 0 Å². The zero-order valence-electron chi connectivity index (χ0n) is 16.7. The molecule has 0 aliphatic rings. The quantitative estimate of drug-likeness (QED) is 0.659. The van der Waals surface area contributed by atoms with Crippen LogP contribution in [0.15, 0.2) is 53.6 Å². The number of hydrogen-bond donors (Lipinski definition) is 0. The molecule has 0 saturated carbocycles. The van der Waals surface area contributed by atoms with Crippen LogP contribution in [0.4, 0.5) is 0 Å². The maximum absolute atomic E-state index is 12.7. The predicted octanol–water partition coefficient (Wildman–Crippen LogP) is 3.32. The molecule has 146 valence electrons. The first-order valence-corrected chi connectivity index (χ1v) is 9.26. The number of ether oxygens (including phenoxy) is 1. The van der Waals surface area contributed by atoms with E-state index >= 15 is 0 Å². The Balaban J connectivity index is 1.70. The van der Waals surface area contributed by atoms with E-state index in [1.807, 2.05) is 50.2 Å². The predicted molar refractivity (Wildman–Crippen MR) is 110 cm³/mol. The number of para-hydroxylation sites is 1. The Morgan fingerprint density at radius 3 is 2.61 bits per heavy atom. The van der Waals surface area contributed by atoms with Gasteiger partial charge in [-0.15, -0.1) is 0 Å². The van der Waals surface area contributed by atoms with Crippen LogP contribution < -0.4 is 10.3 Å². The number of carbonyl (C=O) groups is 1. The second kappa shape index (κ2) is 8.25. The lowest BCUT2D eigenvalue weighted by Crippen LogP contribution is -2.31. The first-order valence-electron chi connectivity index (χ1n) is 9.26. The van der Waals surface area contributed by atoms with Crippen molar-refractivity contribution in [2.75, 3.05) is 14.2 Å². The van der Waals surface area contributed by atoms with E-state index in [4.69, 9.17) is 4.74 Å². The van der Waals surface area contributed by atoms with Crippen molar-refractivity contribution in [2.24, 2.45) is 0 Å². The Hall–Kier alpha value is -3.15. The van der Waals surface area contributed by atoms with Crippen molar-refractivity contribution in [3.63, 3.8) is 0 Å². The van der Waals surface area contributed by atoms with Gasteiger partial charge < -0.3 is 9.64 Å². The van der Waals surface area contributed by atoms with E-state index in [2.05, 4.69) is 4.98 Å². The number of carbonyl (C=O) groups excluding carboxylic acids is 1. The van der Waals surface area contributed by atoms with Crippen molar-refractivity contribution in [3.05, 3.63) is 70.3 Å². The van der Waals surface area contributed by atoms with Crippen molar-refractivity contribution in [1.29, 1.82) is 0 Å². The fraction of sp³-hybridized carbons (Fsp3) is 0.318. The molecule has 0 aliphatic heterocycles. The summed E-state index contributed by atoms with van der Waals surface area (Å²) in [5.41, 5.74) is 2.58. The van der Waals surface area contributed by atoms with E-state index in [1.165, 1.54) is 10.9 Å². The molecule has 3 aromatic rings. The number of aromatic nitrogens is 2. The molecule has 0 N–H and O–H groups in total. The van der Waals surface area contributed by atoms with E-state index in [1.54, 1.807) is 25.1 Å². The van der Waals surface area contributed by atoms with E-state index < -0.39 is 0 Å². The number of rotatable bonds is 6. The molecule has 0 saturated heterocycles. The Morgan fingerprint density at radius 1 is 1.21 bits per heavy atom. The van der Waals surface area contributed by atoms with E-state index in [-0.39, 0.29) is 23.9 Å². The lowest BCUT2D eigenvalue weighted by molar-refractivity contribution is -0.132. The van der Waals surface area contributed by atoms with Crippen LogP contribution in [-0.2, 0) is 11.3 Å². The highest BCUT2D eigenvalue weighted by Crippen LogP contribution is 2.22. The van der Waals surface area contributed by atoms with Gasteiger partial charge in [0.1, 0.15) is 5.75 Å². The minimum Gasteiger partial charge on any atom is -0.497 e. The van der Waals surface area contributed by atoms with E-state index in [9.17, 15) is 9.59 Å². The minimum absolute atomic E-state index is 0.0282. The zero-order chi connectivity index (χ0) is 20.3. The van der Waals surface area contributed by atoms with Gasteiger partial charge >= 0.3 is 0 Å². The standard InChI is InChI=1S/C22H25N3O3/c1-15-6-5-7-19-21(15)23-14-25(22(19)27)13-12-20(26)24(3)16(2)17-8-10-18(28-4)11-9-17/h5-11,14,16H,12-13H2,1-4H3/t16-/m0/s1. The molecule has 28 heavy (non-hydrogen) atoms. The normalized spacial score (nSPS) is 12.0. The lowest BCUT2D eigenvalue weighted by Gasteiger charge is -2.25. The maximum Gasteiger partial charge on any atom is 0.261 e. The fourth-order valence-corrected chi connectivity index (χ4v) is 3.21. The zero-order valence-corrected chi connectivity index (χ0v) is 16.7. The highest BCUT2D eigenvalue weighted by molar-refractivity contribution is 5.80. The van der Waals surface area contributed by atoms with Crippen LogP contribution in [0.25, 0.3) is 10.9 Å². The summed E-state index contributed by atoms with van der Waals surface area (Å²) in [6, 6.07) is 13.1. The summed E-state index contributed by atoms with van der Waals surface area (Å²) in [4.78, 5) is 31.4. The monoisotopic (exact) mass is 379 g/mol. The van der Waals surface area contributed by atoms with Crippen molar-refractivity contribution in [3.8, 4) is 5.75 Å². The van der Waals surface area contributed by atoms with Gasteiger partial charge in [0.2, 0.25) is 5.91 Å². The molecular formula is C22H25N3O3. The van der Waals surface area contributed by atoms with Crippen molar-refractivity contribution < 1.29 is 9.53 Å². The van der Waals surface area contributed by atoms with Gasteiger partial charge in [-0.3, -0.25) is 14.2 Å². The summed E-state index contributed by atoms with van der Waals surface area (Å²) in [6.45, 7) is 4.21. The summed E-state index contributed by atoms with van der Waals surface area (Å²) in [7, 11) is 3.40. The third-order valence-electron chi connectivity index (χ3n) is 5.19. The van der Waals surface area contributed by atoms with E-state index in [0.29, 0.717) is 17.4 Å². The summed E-state index contributed by atoms with van der Waals surface area (Å²) < 4.78 is 6.68. The van der Waals surface area contributed by atoms with Gasteiger partial charge in [-0.25, -0.2) is 4.98 Å². The largest absolute Gasteiger partial charge is 0.497 e. The first-order chi connectivity index (χ1) is 13.4. The van der Waals surface area contributed by atoms with Gasteiger partial charge in [0.25, 0.3) is 5.56 Å². The fourth-order valence-electron chi connectivity index (χ4n) is 3.21. The highest BCUT2D eigenvalue weighted by atomic mass is 16.5.